The van der Waals surface area contributed by atoms with Crippen LogP contribution in [0.5, 0.6) is 0 Å². The van der Waals surface area contributed by atoms with Crippen LogP contribution in [0.25, 0.3) is 0 Å². The topological polar surface area (TPSA) is 66.9 Å². The summed E-state index contributed by atoms with van der Waals surface area (Å²) >= 11 is 0. The number of esters is 1. The highest BCUT2D eigenvalue weighted by Gasteiger charge is 2.37. The van der Waals surface area contributed by atoms with Gasteiger partial charge in [0.2, 0.25) is 5.91 Å². The van der Waals surface area contributed by atoms with Gasteiger partial charge in [0.1, 0.15) is 5.82 Å². The molecule has 0 fully saturated rings. The van der Waals surface area contributed by atoms with Gasteiger partial charge in [-0.1, -0.05) is 24.3 Å². The Morgan fingerprint density at radius 3 is 2.35 bits per heavy atom. The van der Waals surface area contributed by atoms with Gasteiger partial charge in [0.05, 0.1) is 18.7 Å². The minimum absolute atomic E-state index is 0.0352. The number of halogens is 1. The summed E-state index contributed by atoms with van der Waals surface area (Å²) in [5, 5.41) is 0. The Kier molecular flexibility index (Phi) is 8.21. The van der Waals surface area contributed by atoms with Crippen molar-refractivity contribution in [2.24, 2.45) is 0 Å². The quantitative estimate of drug-likeness (QED) is 0.531. The molecule has 180 valence electrons. The molecular formula is C27H31FN2O4. The summed E-state index contributed by atoms with van der Waals surface area (Å²) in [6.45, 7) is 9.02. The van der Waals surface area contributed by atoms with Crippen LogP contribution in [0.15, 0.2) is 59.8 Å². The Bertz CT molecular complexity index is 1090. The van der Waals surface area contributed by atoms with E-state index in [1.54, 1.807) is 47.9 Å². The third kappa shape index (κ3) is 5.35. The van der Waals surface area contributed by atoms with Crippen molar-refractivity contribution in [2.75, 3.05) is 19.7 Å². The SMILES string of the molecule is CCOC(=O)C1=C(C)N(Cc2ccc(C(=O)N(CC)CC)cc2)C(=O)CC1c1cccc(F)c1. The average Bonchev–Trinajstić information content (AvgIpc) is 2.82. The van der Waals surface area contributed by atoms with Crippen LogP contribution in [0, 0.1) is 5.82 Å². The van der Waals surface area contributed by atoms with Gasteiger partial charge in [-0.25, -0.2) is 9.18 Å². The van der Waals surface area contributed by atoms with Crippen molar-refractivity contribution < 1.29 is 23.5 Å². The lowest BCUT2D eigenvalue weighted by Crippen LogP contribution is -2.38. The van der Waals surface area contributed by atoms with Gasteiger partial charge in [-0.3, -0.25) is 9.59 Å². The highest BCUT2D eigenvalue weighted by Crippen LogP contribution is 2.38. The Morgan fingerprint density at radius 1 is 1.09 bits per heavy atom. The van der Waals surface area contributed by atoms with Crippen molar-refractivity contribution in [3.63, 3.8) is 0 Å². The van der Waals surface area contributed by atoms with Crippen LogP contribution in [0.4, 0.5) is 4.39 Å². The molecule has 0 saturated heterocycles. The van der Waals surface area contributed by atoms with Crippen LogP contribution in [0.3, 0.4) is 0 Å². The number of hydrogen-bond donors (Lipinski definition) is 0. The maximum Gasteiger partial charge on any atom is 0.336 e. The lowest BCUT2D eigenvalue weighted by atomic mass is 9.83. The van der Waals surface area contributed by atoms with E-state index in [0.717, 1.165) is 5.56 Å². The highest BCUT2D eigenvalue weighted by atomic mass is 19.1. The fourth-order valence-corrected chi connectivity index (χ4v) is 4.31. The number of benzene rings is 2. The predicted molar refractivity (Wildman–Crippen MR) is 127 cm³/mol. The third-order valence-electron chi connectivity index (χ3n) is 6.16. The van der Waals surface area contributed by atoms with Gasteiger partial charge in [-0.15, -0.1) is 0 Å². The molecule has 1 aliphatic heterocycles. The van der Waals surface area contributed by atoms with E-state index in [-0.39, 0.29) is 31.4 Å². The molecule has 1 unspecified atom stereocenters. The molecule has 2 amide bonds. The van der Waals surface area contributed by atoms with E-state index in [0.29, 0.717) is 35.5 Å². The number of carbonyl (C=O) groups excluding carboxylic acids is 3. The molecule has 0 saturated carbocycles. The van der Waals surface area contributed by atoms with Gasteiger partial charge in [0.15, 0.2) is 0 Å². The molecule has 0 aromatic heterocycles. The number of nitrogens with zero attached hydrogens (tertiary/aromatic N) is 2. The number of allylic oxidation sites excluding steroid dienone is 1. The zero-order chi connectivity index (χ0) is 24.8. The first-order valence-electron chi connectivity index (χ1n) is 11.6. The lowest BCUT2D eigenvalue weighted by molar-refractivity contribution is -0.140. The minimum atomic E-state index is -0.576. The van der Waals surface area contributed by atoms with Gasteiger partial charge >= 0.3 is 5.97 Å². The van der Waals surface area contributed by atoms with Crippen LogP contribution in [-0.4, -0.2) is 47.3 Å². The van der Waals surface area contributed by atoms with Crippen LogP contribution in [0.1, 0.15) is 61.5 Å². The Balaban J connectivity index is 1.91. The van der Waals surface area contributed by atoms with Crippen molar-refractivity contribution in [1.29, 1.82) is 0 Å². The van der Waals surface area contributed by atoms with E-state index in [2.05, 4.69) is 0 Å². The highest BCUT2D eigenvalue weighted by molar-refractivity contribution is 5.96. The van der Waals surface area contributed by atoms with Crippen LogP contribution in [0.2, 0.25) is 0 Å². The molecule has 2 aromatic rings. The maximum atomic E-state index is 13.9. The normalized spacial score (nSPS) is 16.0. The lowest BCUT2D eigenvalue weighted by Gasteiger charge is -2.34. The summed E-state index contributed by atoms with van der Waals surface area (Å²) in [6, 6.07) is 13.1. The Morgan fingerprint density at radius 2 is 1.76 bits per heavy atom. The second-order valence-corrected chi connectivity index (χ2v) is 8.19. The number of carbonyl (C=O) groups is 3. The molecule has 2 aromatic carbocycles. The summed E-state index contributed by atoms with van der Waals surface area (Å²) in [6.07, 6.45) is 0.0352. The molecule has 6 nitrogen and oxygen atoms in total. The number of hydrogen-bond acceptors (Lipinski definition) is 4. The van der Waals surface area contributed by atoms with Gasteiger partial charge in [0.25, 0.3) is 5.91 Å². The molecule has 7 heteroatoms. The summed E-state index contributed by atoms with van der Waals surface area (Å²) in [4.78, 5) is 41.9. The molecule has 1 heterocycles. The second kappa shape index (κ2) is 11.1. The summed E-state index contributed by atoms with van der Waals surface area (Å²) in [7, 11) is 0. The van der Waals surface area contributed by atoms with E-state index in [9.17, 15) is 18.8 Å². The largest absolute Gasteiger partial charge is 0.463 e. The maximum absolute atomic E-state index is 13.9. The Hall–Kier alpha value is -3.48. The van der Waals surface area contributed by atoms with Gasteiger partial charge in [-0.05, 0) is 63.1 Å². The molecular weight excluding hydrogens is 435 g/mol. The van der Waals surface area contributed by atoms with Crippen LogP contribution in [-0.2, 0) is 20.9 Å². The van der Waals surface area contributed by atoms with Crippen molar-refractivity contribution in [3.05, 3.63) is 82.3 Å². The molecule has 0 radical (unpaired) electrons. The molecule has 0 spiro atoms. The first kappa shape index (κ1) is 25.1. The van der Waals surface area contributed by atoms with Crippen molar-refractivity contribution in [2.45, 2.75) is 46.6 Å². The fraction of sp³-hybridized carbons (Fsp3) is 0.370. The van der Waals surface area contributed by atoms with Crippen LogP contribution < -0.4 is 0 Å². The smallest absolute Gasteiger partial charge is 0.336 e. The molecule has 3 rings (SSSR count). The summed E-state index contributed by atoms with van der Waals surface area (Å²) in [5.74, 6) is -1.71. The van der Waals surface area contributed by atoms with Crippen molar-refractivity contribution >= 4 is 17.8 Å². The molecule has 0 aliphatic carbocycles. The third-order valence-corrected chi connectivity index (χ3v) is 6.16. The molecule has 34 heavy (non-hydrogen) atoms. The van der Waals surface area contributed by atoms with Gasteiger partial charge < -0.3 is 14.5 Å². The first-order chi connectivity index (χ1) is 16.3. The summed E-state index contributed by atoms with van der Waals surface area (Å²) in [5.41, 5.74) is 2.83. The number of amides is 2. The number of rotatable bonds is 8. The van der Waals surface area contributed by atoms with Crippen molar-refractivity contribution in [1.82, 2.24) is 9.80 Å². The van der Waals surface area contributed by atoms with Gasteiger partial charge in [0, 0.05) is 36.7 Å². The predicted octanol–water partition coefficient (Wildman–Crippen LogP) is 4.66. The minimum Gasteiger partial charge on any atom is -0.463 e. The van der Waals surface area contributed by atoms with E-state index in [4.69, 9.17) is 4.74 Å². The average molecular weight is 467 g/mol. The van der Waals surface area contributed by atoms with Crippen LogP contribution >= 0.6 is 0 Å². The van der Waals surface area contributed by atoms with Gasteiger partial charge in [-0.2, -0.15) is 0 Å². The zero-order valence-corrected chi connectivity index (χ0v) is 20.1. The monoisotopic (exact) mass is 466 g/mol. The Labute approximate surface area is 200 Å². The van der Waals surface area contributed by atoms with E-state index in [1.807, 2.05) is 26.0 Å². The standard InChI is InChI=1S/C27H31FN2O4/c1-5-29(6-2)26(32)20-13-11-19(12-14-20)17-30-18(4)25(27(33)34-7-3)23(16-24(30)31)21-9-8-10-22(28)15-21/h8-15,23H,5-7,16-17H2,1-4H3. The molecule has 1 aliphatic rings. The first-order valence-corrected chi connectivity index (χ1v) is 11.6. The van der Waals surface area contributed by atoms with E-state index in [1.165, 1.54) is 12.1 Å². The molecule has 0 bridgehead atoms. The molecule has 1 atom stereocenters. The fourth-order valence-electron chi connectivity index (χ4n) is 4.31. The summed E-state index contributed by atoms with van der Waals surface area (Å²) < 4.78 is 19.2. The molecule has 0 N–H and O–H groups in total. The number of ether oxygens (including phenoxy) is 1. The van der Waals surface area contributed by atoms with E-state index >= 15 is 0 Å². The second-order valence-electron chi connectivity index (χ2n) is 8.19. The van der Waals surface area contributed by atoms with Crippen molar-refractivity contribution in [3.8, 4) is 0 Å². The zero-order valence-electron chi connectivity index (χ0n) is 20.1. The van der Waals surface area contributed by atoms with E-state index < -0.39 is 17.7 Å².